The second-order valence-electron chi connectivity index (χ2n) is 3.13. The van der Waals surface area contributed by atoms with Crippen molar-refractivity contribution in [1.29, 1.82) is 0 Å². The maximum atomic E-state index is 12.1. The largest absolute Gasteiger partial charge is 0.455 e. The summed E-state index contributed by atoms with van der Waals surface area (Å²) in [5, 5.41) is 0.570. The molecule has 16 heavy (non-hydrogen) atoms. The first-order valence-electron chi connectivity index (χ1n) is 5.42. The first kappa shape index (κ1) is 14.6. The molecule has 1 rings (SSSR count). The van der Waals surface area contributed by atoms with Crippen LogP contribution in [0.15, 0.2) is 4.76 Å². The van der Waals surface area contributed by atoms with Crippen LogP contribution in [0.3, 0.4) is 0 Å². The van der Waals surface area contributed by atoms with Crippen molar-refractivity contribution in [3.8, 4) is 0 Å². The maximum Gasteiger partial charge on any atom is 0.455 e. The highest BCUT2D eigenvalue weighted by atomic mass is 32.2. The first-order chi connectivity index (χ1) is 7.63. The lowest BCUT2D eigenvalue weighted by Gasteiger charge is -2.11. The van der Waals surface area contributed by atoms with E-state index in [2.05, 4.69) is 11.7 Å². The molecule has 1 heterocycles. The number of hydrogen-bond donors (Lipinski definition) is 0. The zero-order chi connectivity index (χ0) is 12.0. The monoisotopic (exact) mass is 283 g/mol. The smallest absolute Gasteiger partial charge is 0.291 e. The minimum Gasteiger partial charge on any atom is -0.291 e. The molecule has 1 saturated heterocycles. The molecular formula is C9H18NO3PS2. The van der Waals surface area contributed by atoms with Crippen molar-refractivity contribution in [2.45, 2.75) is 32.4 Å². The molecule has 1 atom stereocenters. The Balaban J connectivity index is 2.67. The second kappa shape index (κ2) is 7.07. The summed E-state index contributed by atoms with van der Waals surface area (Å²) >= 11 is 3.30. The van der Waals surface area contributed by atoms with E-state index in [-0.39, 0.29) is 0 Å². The summed E-state index contributed by atoms with van der Waals surface area (Å²) < 4.78 is 27.3. The summed E-state index contributed by atoms with van der Waals surface area (Å²) in [5.41, 5.74) is 0. The highest BCUT2D eigenvalue weighted by Crippen LogP contribution is 2.52. The Morgan fingerprint density at radius 1 is 1.38 bits per heavy atom. The van der Waals surface area contributed by atoms with Crippen molar-refractivity contribution in [2.75, 3.05) is 19.0 Å². The molecule has 4 nitrogen and oxygen atoms in total. The van der Waals surface area contributed by atoms with Gasteiger partial charge in [0.1, 0.15) is 4.38 Å². The van der Waals surface area contributed by atoms with Crippen LogP contribution in [0.4, 0.5) is 0 Å². The number of hydrogen-bond acceptors (Lipinski definition) is 5. The zero-order valence-electron chi connectivity index (χ0n) is 9.84. The summed E-state index contributed by atoms with van der Waals surface area (Å²) in [6, 6.07) is 0. The van der Waals surface area contributed by atoms with Crippen LogP contribution >= 0.6 is 31.3 Å². The van der Waals surface area contributed by atoms with Gasteiger partial charge in [0, 0.05) is 11.0 Å². The van der Waals surface area contributed by atoms with Crippen LogP contribution < -0.4 is 0 Å². The SMILES string of the molecule is CCOP(=O)(/N=C1/SCC(CC)S1)OCC. The van der Waals surface area contributed by atoms with Gasteiger partial charge < -0.3 is 0 Å². The second-order valence-corrected chi connectivity index (χ2v) is 7.34. The summed E-state index contributed by atoms with van der Waals surface area (Å²) in [6.07, 6.45) is 1.10. The lowest BCUT2D eigenvalue weighted by molar-refractivity contribution is 0.221. The van der Waals surface area contributed by atoms with Gasteiger partial charge in [-0.25, -0.2) is 4.57 Å². The molecule has 1 aliphatic heterocycles. The van der Waals surface area contributed by atoms with Crippen LogP contribution in [-0.2, 0) is 13.6 Å². The van der Waals surface area contributed by atoms with Gasteiger partial charge in [-0.05, 0) is 20.3 Å². The molecule has 0 N–H and O–H groups in total. The van der Waals surface area contributed by atoms with Crippen molar-refractivity contribution >= 4 is 35.6 Å². The molecule has 0 saturated carbocycles. The number of nitrogens with zero attached hydrogens (tertiary/aromatic N) is 1. The predicted octanol–water partition coefficient (Wildman–Crippen LogP) is 3.78. The van der Waals surface area contributed by atoms with E-state index in [1.807, 2.05) is 0 Å². The molecule has 0 aromatic rings. The fraction of sp³-hybridized carbons (Fsp3) is 0.889. The minimum atomic E-state index is -3.26. The van der Waals surface area contributed by atoms with Gasteiger partial charge in [0.15, 0.2) is 0 Å². The van der Waals surface area contributed by atoms with Gasteiger partial charge in [-0.1, -0.05) is 30.4 Å². The normalized spacial score (nSPS) is 24.2. The molecule has 0 radical (unpaired) electrons. The average molecular weight is 283 g/mol. The molecule has 0 amide bonds. The third kappa shape index (κ3) is 4.41. The predicted molar refractivity (Wildman–Crippen MR) is 72.4 cm³/mol. The van der Waals surface area contributed by atoms with Crippen molar-refractivity contribution in [2.24, 2.45) is 4.76 Å². The van der Waals surface area contributed by atoms with Gasteiger partial charge >= 0.3 is 7.75 Å². The van der Waals surface area contributed by atoms with Gasteiger partial charge in [0.25, 0.3) is 0 Å². The third-order valence-corrected chi connectivity index (χ3v) is 6.68. The van der Waals surface area contributed by atoms with Crippen LogP contribution in [0.2, 0.25) is 0 Å². The maximum absolute atomic E-state index is 12.1. The molecule has 1 fully saturated rings. The molecule has 0 bridgehead atoms. The highest BCUT2D eigenvalue weighted by Gasteiger charge is 2.28. The van der Waals surface area contributed by atoms with E-state index in [4.69, 9.17) is 9.05 Å². The first-order valence-corrected chi connectivity index (χ1v) is 8.78. The van der Waals surface area contributed by atoms with Crippen LogP contribution in [0.25, 0.3) is 0 Å². The molecule has 0 aliphatic carbocycles. The number of thioether (sulfide) groups is 2. The summed E-state index contributed by atoms with van der Waals surface area (Å²) in [4.78, 5) is 0. The van der Waals surface area contributed by atoms with Gasteiger partial charge in [-0.15, -0.1) is 0 Å². The van der Waals surface area contributed by atoms with Crippen LogP contribution in [-0.4, -0.2) is 28.6 Å². The average Bonchev–Trinajstić information content (AvgIpc) is 2.65. The lowest BCUT2D eigenvalue weighted by atomic mass is 10.4. The highest BCUT2D eigenvalue weighted by molar-refractivity contribution is 8.42. The third-order valence-electron chi connectivity index (χ3n) is 1.90. The van der Waals surface area contributed by atoms with E-state index >= 15 is 0 Å². The van der Waals surface area contributed by atoms with Crippen LogP contribution in [0.1, 0.15) is 27.2 Å². The van der Waals surface area contributed by atoms with Gasteiger partial charge in [-0.3, -0.25) is 9.05 Å². The van der Waals surface area contributed by atoms with Crippen molar-refractivity contribution < 1.29 is 13.6 Å². The van der Waals surface area contributed by atoms with Crippen molar-refractivity contribution in [3.05, 3.63) is 0 Å². The Hall–Kier alpha value is 0.520. The topological polar surface area (TPSA) is 47.9 Å². The van der Waals surface area contributed by atoms with E-state index in [0.717, 1.165) is 16.5 Å². The summed E-state index contributed by atoms with van der Waals surface area (Å²) in [5.74, 6) is 1.03. The molecule has 0 aromatic heterocycles. The van der Waals surface area contributed by atoms with Crippen LogP contribution in [0.5, 0.6) is 0 Å². The van der Waals surface area contributed by atoms with E-state index in [0.29, 0.717) is 18.5 Å². The quantitative estimate of drug-likeness (QED) is 0.694. The summed E-state index contributed by atoms with van der Waals surface area (Å²) in [6.45, 7) is 6.41. The Morgan fingerprint density at radius 2 is 2.00 bits per heavy atom. The Morgan fingerprint density at radius 3 is 2.44 bits per heavy atom. The zero-order valence-corrected chi connectivity index (χ0v) is 12.4. The van der Waals surface area contributed by atoms with Gasteiger partial charge in [-0.2, -0.15) is 4.76 Å². The van der Waals surface area contributed by atoms with E-state index < -0.39 is 7.75 Å². The van der Waals surface area contributed by atoms with E-state index in [1.165, 1.54) is 0 Å². The van der Waals surface area contributed by atoms with E-state index in [9.17, 15) is 4.57 Å². The molecule has 94 valence electrons. The van der Waals surface area contributed by atoms with Crippen molar-refractivity contribution in [1.82, 2.24) is 0 Å². The van der Waals surface area contributed by atoms with Crippen molar-refractivity contribution in [3.63, 3.8) is 0 Å². The van der Waals surface area contributed by atoms with Crippen LogP contribution in [0, 0.1) is 0 Å². The van der Waals surface area contributed by atoms with Gasteiger partial charge in [0.05, 0.1) is 13.2 Å². The fourth-order valence-corrected chi connectivity index (χ4v) is 5.59. The van der Waals surface area contributed by atoms with Gasteiger partial charge in [0.2, 0.25) is 0 Å². The minimum absolute atomic E-state index is 0.348. The fourth-order valence-electron chi connectivity index (χ4n) is 1.15. The summed E-state index contributed by atoms with van der Waals surface area (Å²) in [7, 11) is -3.26. The molecule has 0 spiro atoms. The van der Waals surface area contributed by atoms with E-state index in [1.54, 1.807) is 37.4 Å². The Kier molecular flexibility index (Phi) is 6.44. The molecule has 7 heteroatoms. The molecular weight excluding hydrogens is 265 g/mol. The Labute approximate surface area is 106 Å². The molecule has 1 aliphatic rings. The molecule has 0 aromatic carbocycles. The lowest BCUT2D eigenvalue weighted by Crippen LogP contribution is -1.97. The molecule has 1 unspecified atom stereocenters. The Bertz CT molecular complexity index is 288. The number of rotatable bonds is 6. The standard InChI is InChI=1S/C9H18NO3PS2/c1-4-8-7-15-9(16-8)10-14(11,12-5-2)13-6-3/h8H,4-7H2,1-3H3/b10-9-.